The normalized spacial score (nSPS) is 14.8. The van der Waals surface area contributed by atoms with E-state index in [1.54, 1.807) is 6.08 Å². The van der Waals surface area contributed by atoms with E-state index >= 15 is 0 Å². The second-order valence-electron chi connectivity index (χ2n) is 2.82. The topological polar surface area (TPSA) is 22.1 Å². The molecule has 1 aromatic heterocycles. The zero-order valence-corrected chi connectivity index (χ0v) is 7.01. The number of nitrogens with zero attached hydrogens (tertiary/aromatic N) is 1. The lowest BCUT2D eigenvalue weighted by Gasteiger charge is -2.06. The number of halogens is 3. The predicted octanol–water partition coefficient (Wildman–Crippen LogP) is 0.649. The third-order valence-electron chi connectivity index (χ3n) is 1.84. The maximum atomic E-state index is 12.2. The second kappa shape index (κ2) is 3.01. The Hall–Kier alpha value is -1.52. The molecular formula is C9H6F3NO. The fourth-order valence-corrected chi connectivity index (χ4v) is 1.18. The van der Waals surface area contributed by atoms with Gasteiger partial charge in [0.2, 0.25) is 0 Å². The molecule has 0 saturated heterocycles. The molecule has 1 aliphatic rings. The summed E-state index contributed by atoms with van der Waals surface area (Å²) < 4.78 is 41.5. The maximum absolute atomic E-state index is 12.2. The highest BCUT2D eigenvalue weighted by Crippen LogP contribution is 2.25. The van der Waals surface area contributed by atoms with Crippen LogP contribution in [0.5, 0.6) is 0 Å². The number of fused-ring (bicyclic) bond motifs is 1. The van der Waals surface area contributed by atoms with Crippen molar-refractivity contribution in [3.8, 4) is 0 Å². The second-order valence-corrected chi connectivity index (χ2v) is 2.82. The first-order valence-electron chi connectivity index (χ1n) is 3.93. The Morgan fingerprint density at radius 3 is 2.79 bits per heavy atom. The van der Waals surface area contributed by atoms with Crippen molar-refractivity contribution in [3.63, 3.8) is 0 Å². The number of rotatable bonds is 0. The summed E-state index contributed by atoms with van der Waals surface area (Å²) in [6, 6.07) is 2.36. The maximum Gasteiger partial charge on any atom is 0.433 e. The van der Waals surface area contributed by atoms with Gasteiger partial charge in [-0.2, -0.15) is 13.2 Å². The molecule has 0 amide bonds. The van der Waals surface area contributed by atoms with Crippen LogP contribution in [0.25, 0.3) is 12.3 Å². The molecule has 0 unspecified atom stereocenters. The molecule has 2 heterocycles. The molecular weight excluding hydrogens is 195 g/mol. The number of hydrogen-bond donors (Lipinski definition) is 0. The summed E-state index contributed by atoms with van der Waals surface area (Å²) >= 11 is 0. The van der Waals surface area contributed by atoms with Crippen LogP contribution in [-0.4, -0.2) is 11.6 Å². The molecule has 5 heteroatoms. The van der Waals surface area contributed by atoms with E-state index in [0.717, 1.165) is 6.07 Å². The van der Waals surface area contributed by atoms with Gasteiger partial charge in [0.05, 0.1) is 0 Å². The smallest absolute Gasteiger partial charge is 0.433 e. The predicted molar refractivity (Wildman–Crippen MR) is 43.4 cm³/mol. The fourth-order valence-electron chi connectivity index (χ4n) is 1.18. The summed E-state index contributed by atoms with van der Waals surface area (Å²) in [5, 5.41) is 0.898. The quantitative estimate of drug-likeness (QED) is 0.614. The van der Waals surface area contributed by atoms with Crippen molar-refractivity contribution in [2.75, 3.05) is 6.61 Å². The Morgan fingerprint density at radius 1 is 1.29 bits per heavy atom. The molecule has 0 aromatic carbocycles. The van der Waals surface area contributed by atoms with Gasteiger partial charge in [-0.3, -0.25) is 0 Å². The van der Waals surface area contributed by atoms with Crippen molar-refractivity contribution >= 4 is 12.3 Å². The van der Waals surface area contributed by atoms with Crippen molar-refractivity contribution in [1.82, 2.24) is 4.98 Å². The van der Waals surface area contributed by atoms with Crippen LogP contribution in [-0.2, 0) is 10.9 Å². The Morgan fingerprint density at radius 2 is 2.07 bits per heavy atom. The zero-order chi connectivity index (χ0) is 10.2. The van der Waals surface area contributed by atoms with Gasteiger partial charge < -0.3 is 4.74 Å². The van der Waals surface area contributed by atoms with Crippen LogP contribution >= 0.6 is 0 Å². The molecule has 2 rings (SSSR count). The van der Waals surface area contributed by atoms with E-state index in [4.69, 9.17) is 4.74 Å². The molecule has 1 aromatic rings. The lowest BCUT2D eigenvalue weighted by atomic mass is 10.2. The number of alkyl halides is 3. The van der Waals surface area contributed by atoms with E-state index in [2.05, 4.69) is 4.98 Å². The third-order valence-corrected chi connectivity index (χ3v) is 1.84. The van der Waals surface area contributed by atoms with Crippen molar-refractivity contribution in [1.29, 1.82) is 0 Å². The third kappa shape index (κ3) is 1.57. The average Bonchev–Trinajstić information content (AvgIpc) is 2.16. The number of ether oxygens (including phenoxy) is 1. The van der Waals surface area contributed by atoms with Crippen LogP contribution in [0.4, 0.5) is 13.2 Å². The minimum Gasteiger partial charge on any atom is -0.495 e. The summed E-state index contributed by atoms with van der Waals surface area (Å²) in [6.45, 7) is 0.375. The first-order valence-corrected chi connectivity index (χ1v) is 3.93. The molecule has 0 radical (unpaired) electrons. The van der Waals surface area contributed by atoms with Gasteiger partial charge in [0.25, 0.3) is 0 Å². The zero-order valence-electron chi connectivity index (χ0n) is 7.01. The van der Waals surface area contributed by atoms with Gasteiger partial charge in [-0.1, -0.05) is 6.07 Å². The number of pyridine rings is 1. The summed E-state index contributed by atoms with van der Waals surface area (Å²) in [4.78, 5) is 3.45. The van der Waals surface area contributed by atoms with Crippen molar-refractivity contribution in [3.05, 3.63) is 28.4 Å². The van der Waals surface area contributed by atoms with E-state index in [9.17, 15) is 13.2 Å². The lowest BCUT2D eigenvalue weighted by Crippen LogP contribution is -2.33. The molecule has 74 valence electrons. The minimum absolute atomic E-state index is 0.228. The van der Waals surface area contributed by atoms with E-state index in [0.29, 0.717) is 11.8 Å². The van der Waals surface area contributed by atoms with Crippen LogP contribution in [0.15, 0.2) is 12.1 Å². The number of hydrogen-bond acceptors (Lipinski definition) is 2. The van der Waals surface area contributed by atoms with Crippen molar-refractivity contribution in [2.24, 2.45) is 0 Å². The summed E-state index contributed by atoms with van der Waals surface area (Å²) in [5.74, 6) is 0. The largest absolute Gasteiger partial charge is 0.495 e. The van der Waals surface area contributed by atoms with Crippen molar-refractivity contribution in [2.45, 2.75) is 6.18 Å². The standard InChI is InChI=1S/C9H6F3NO/c10-9(11,12)8-2-1-6-3-4-14-5-7(6)13-8/h1-3,5H,4H2. The van der Waals surface area contributed by atoms with Crippen LogP contribution in [0.1, 0.15) is 5.69 Å². The van der Waals surface area contributed by atoms with Crippen LogP contribution in [0, 0.1) is 0 Å². The summed E-state index contributed by atoms with van der Waals surface area (Å²) in [6.07, 6.45) is -1.48. The summed E-state index contributed by atoms with van der Waals surface area (Å²) in [7, 11) is 0. The van der Waals surface area contributed by atoms with Gasteiger partial charge in [-0.25, -0.2) is 4.98 Å². The molecule has 0 bridgehead atoms. The number of aromatic nitrogens is 1. The molecule has 0 atom stereocenters. The van der Waals surface area contributed by atoms with E-state index in [1.165, 1.54) is 12.3 Å². The molecule has 0 saturated carbocycles. The molecule has 0 aliphatic carbocycles. The first-order chi connectivity index (χ1) is 6.57. The van der Waals surface area contributed by atoms with E-state index in [1.807, 2.05) is 0 Å². The van der Waals surface area contributed by atoms with E-state index < -0.39 is 11.9 Å². The van der Waals surface area contributed by atoms with Gasteiger partial charge in [0.15, 0.2) is 0 Å². The lowest BCUT2D eigenvalue weighted by molar-refractivity contribution is -0.141. The SMILES string of the molecule is FC(F)(F)c1ccc2c(n1)=COCC=2. The minimum atomic E-state index is -4.40. The van der Waals surface area contributed by atoms with Crippen LogP contribution in [0.2, 0.25) is 0 Å². The van der Waals surface area contributed by atoms with E-state index in [-0.39, 0.29) is 5.35 Å². The Kier molecular flexibility index (Phi) is 1.94. The molecule has 2 nitrogen and oxygen atoms in total. The van der Waals surface area contributed by atoms with Gasteiger partial charge in [-0.05, 0) is 12.1 Å². The van der Waals surface area contributed by atoms with Gasteiger partial charge >= 0.3 is 6.18 Å². The average molecular weight is 201 g/mol. The van der Waals surface area contributed by atoms with Crippen LogP contribution in [0.3, 0.4) is 0 Å². The fraction of sp³-hybridized carbons (Fsp3) is 0.222. The Labute approximate surface area is 77.3 Å². The Balaban J connectivity index is 2.62. The highest BCUT2D eigenvalue weighted by Gasteiger charge is 2.32. The first kappa shape index (κ1) is 9.05. The monoisotopic (exact) mass is 201 g/mol. The molecule has 0 N–H and O–H groups in total. The summed E-state index contributed by atoms with van der Waals surface area (Å²) in [5.41, 5.74) is -0.897. The molecule has 0 fully saturated rings. The van der Waals surface area contributed by atoms with Gasteiger partial charge in [0, 0.05) is 5.22 Å². The van der Waals surface area contributed by atoms with Crippen molar-refractivity contribution < 1.29 is 17.9 Å². The highest BCUT2D eigenvalue weighted by molar-refractivity contribution is 5.32. The van der Waals surface area contributed by atoms with Gasteiger partial charge in [0.1, 0.15) is 23.9 Å². The molecule has 0 spiro atoms. The van der Waals surface area contributed by atoms with Crippen LogP contribution < -0.4 is 10.6 Å². The molecule has 1 aliphatic heterocycles. The van der Waals surface area contributed by atoms with Gasteiger partial charge in [-0.15, -0.1) is 0 Å². The molecule has 14 heavy (non-hydrogen) atoms. The highest BCUT2D eigenvalue weighted by atomic mass is 19.4. The Bertz CT molecular complexity index is 464.